The van der Waals surface area contributed by atoms with E-state index in [2.05, 4.69) is 25.2 Å². The van der Waals surface area contributed by atoms with Gasteiger partial charge in [-0.25, -0.2) is 0 Å². The molecule has 0 radical (unpaired) electrons. The number of halogens is 3. The predicted octanol–water partition coefficient (Wildman–Crippen LogP) is 5.71. The van der Waals surface area contributed by atoms with Gasteiger partial charge in [-0.15, -0.1) is 11.3 Å². The normalized spacial score (nSPS) is 10.9. The van der Waals surface area contributed by atoms with E-state index in [1.54, 1.807) is 23.5 Å². The molecule has 1 heterocycles. The molecule has 1 aromatic heterocycles. The number of nitrogens with one attached hydrogen (secondary N) is 1. The quantitative estimate of drug-likeness (QED) is 0.663. The van der Waals surface area contributed by atoms with Crippen LogP contribution in [-0.4, -0.2) is 6.54 Å². The summed E-state index contributed by atoms with van der Waals surface area (Å²) in [7, 11) is 0. The average Bonchev–Trinajstić information content (AvgIpc) is 2.79. The lowest BCUT2D eigenvalue weighted by atomic mass is 10.2. The number of hydrogen-bond donors (Lipinski definition) is 1. The van der Waals surface area contributed by atoms with E-state index in [9.17, 15) is 0 Å². The fraction of sp³-hybridized carbons (Fsp3) is 0.333. The Bertz CT molecular complexity index is 628. The highest BCUT2D eigenvalue weighted by atomic mass is 35.5. The van der Waals surface area contributed by atoms with Crippen LogP contribution in [0.2, 0.25) is 15.1 Å². The smallest absolute Gasteiger partial charge is 0.139 e. The Kier molecular flexibility index (Phi) is 6.20. The van der Waals surface area contributed by atoms with Crippen LogP contribution in [0.3, 0.4) is 0 Å². The van der Waals surface area contributed by atoms with Crippen LogP contribution < -0.4 is 10.1 Å². The van der Waals surface area contributed by atoms with Crippen LogP contribution in [0.5, 0.6) is 5.75 Å². The predicted molar refractivity (Wildman–Crippen MR) is 92.2 cm³/mol. The number of thiophene rings is 1. The van der Waals surface area contributed by atoms with Crippen LogP contribution in [0, 0.1) is 6.92 Å². The first-order valence-electron chi connectivity index (χ1n) is 6.57. The van der Waals surface area contributed by atoms with Crippen molar-refractivity contribution in [2.75, 3.05) is 6.54 Å². The summed E-state index contributed by atoms with van der Waals surface area (Å²) in [4.78, 5) is 2.55. The first kappa shape index (κ1) is 16.9. The van der Waals surface area contributed by atoms with Crippen LogP contribution in [0.25, 0.3) is 0 Å². The van der Waals surface area contributed by atoms with E-state index < -0.39 is 0 Å². The van der Waals surface area contributed by atoms with E-state index in [0.717, 1.165) is 18.7 Å². The largest absolute Gasteiger partial charge is 0.487 e. The summed E-state index contributed by atoms with van der Waals surface area (Å²) in [6.45, 7) is 6.50. The molecule has 0 aliphatic rings. The van der Waals surface area contributed by atoms with Crippen molar-refractivity contribution in [1.29, 1.82) is 0 Å². The second kappa shape index (κ2) is 7.70. The van der Waals surface area contributed by atoms with Gasteiger partial charge in [0.1, 0.15) is 12.4 Å². The molecule has 21 heavy (non-hydrogen) atoms. The first-order chi connectivity index (χ1) is 10.0. The highest BCUT2D eigenvalue weighted by Crippen LogP contribution is 2.34. The minimum absolute atomic E-state index is 0.425. The Balaban J connectivity index is 2.06. The molecule has 0 aliphatic carbocycles. The molecule has 0 aliphatic heterocycles. The van der Waals surface area contributed by atoms with Crippen molar-refractivity contribution in [3.05, 3.63) is 48.6 Å². The van der Waals surface area contributed by atoms with E-state index in [-0.39, 0.29) is 0 Å². The fourth-order valence-corrected chi connectivity index (χ4v) is 3.45. The Hall–Kier alpha value is -0.450. The molecule has 2 nitrogen and oxygen atoms in total. The standard InChI is InChI=1S/C15H16Cl3NOS/c1-3-19-7-11-4-10(9(2)21-11)8-20-15-6-13(17)12(16)5-14(15)18/h4-6,19H,3,7-8H2,1-2H3. The number of hydrogen-bond acceptors (Lipinski definition) is 3. The molecule has 1 N–H and O–H groups in total. The van der Waals surface area contributed by atoms with Crippen LogP contribution in [0.1, 0.15) is 22.2 Å². The van der Waals surface area contributed by atoms with Gasteiger partial charge in [0.15, 0.2) is 0 Å². The topological polar surface area (TPSA) is 21.3 Å². The van der Waals surface area contributed by atoms with Gasteiger partial charge >= 0.3 is 0 Å². The molecule has 2 aromatic rings. The van der Waals surface area contributed by atoms with Crippen LogP contribution in [0.15, 0.2) is 18.2 Å². The summed E-state index contributed by atoms with van der Waals surface area (Å²) in [5, 5.41) is 4.64. The molecule has 0 saturated heterocycles. The zero-order chi connectivity index (χ0) is 15.4. The molecule has 114 valence electrons. The Morgan fingerprint density at radius 1 is 1.10 bits per heavy atom. The third-order valence-corrected chi connectivity index (χ3v) is 5.09. The van der Waals surface area contributed by atoms with Crippen LogP contribution in [0.4, 0.5) is 0 Å². The van der Waals surface area contributed by atoms with Crippen molar-refractivity contribution in [3.8, 4) is 5.75 Å². The van der Waals surface area contributed by atoms with E-state index in [1.807, 2.05) is 0 Å². The molecule has 0 saturated carbocycles. The maximum atomic E-state index is 6.11. The van der Waals surface area contributed by atoms with Gasteiger partial charge in [-0.2, -0.15) is 0 Å². The highest BCUT2D eigenvalue weighted by Gasteiger charge is 2.10. The van der Waals surface area contributed by atoms with Gasteiger partial charge in [-0.05, 0) is 25.6 Å². The number of rotatable bonds is 6. The summed E-state index contributed by atoms with van der Waals surface area (Å²) < 4.78 is 5.77. The van der Waals surface area contributed by atoms with Gasteiger partial charge in [0.05, 0.1) is 15.1 Å². The Morgan fingerprint density at radius 3 is 2.52 bits per heavy atom. The van der Waals surface area contributed by atoms with E-state index >= 15 is 0 Å². The third kappa shape index (κ3) is 4.51. The van der Waals surface area contributed by atoms with Crippen molar-refractivity contribution < 1.29 is 4.74 Å². The summed E-state index contributed by atoms with van der Waals surface area (Å²) in [5.41, 5.74) is 1.16. The maximum Gasteiger partial charge on any atom is 0.139 e. The molecule has 0 fully saturated rings. The highest BCUT2D eigenvalue weighted by molar-refractivity contribution is 7.12. The van der Waals surface area contributed by atoms with E-state index in [0.29, 0.717) is 27.4 Å². The monoisotopic (exact) mass is 363 g/mol. The van der Waals surface area contributed by atoms with Gasteiger partial charge in [0.2, 0.25) is 0 Å². The fourth-order valence-electron chi connectivity index (χ4n) is 1.84. The molecule has 0 atom stereocenters. The van der Waals surface area contributed by atoms with Gasteiger partial charge in [-0.1, -0.05) is 41.7 Å². The molecular weight excluding hydrogens is 349 g/mol. The van der Waals surface area contributed by atoms with Crippen molar-refractivity contribution >= 4 is 46.1 Å². The lowest BCUT2D eigenvalue weighted by molar-refractivity contribution is 0.306. The minimum atomic E-state index is 0.425. The lowest BCUT2D eigenvalue weighted by Crippen LogP contribution is -2.10. The molecule has 0 spiro atoms. The summed E-state index contributed by atoms with van der Waals surface area (Å²) in [5.74, 6) is 0.546. The van der Waals surface area contributed by atoms with Crippen molar-refractivity contribution in [2.24, 2.45) is 0 Å². The molecule has 0 bridgehead atoms. The Labute approximate surface area is 144 Å². The molecule has 6 heteroatoms. The minimum Gasteiger partial charge on any atom is -0.487 e. The molecule has 0 amide bonds. The van der Waals surface area contributed by atoms with Gasteiger partial charge in [0, 0.05) is 27.9 Å². The van der Waals surface area contributed by atoms with Crippen LogP contribution >= 0.6 is 46.1 Å². The Morgan fingerprint density at radius 2 is 1.81 bits per heavy atom. The van der Waals surface area contributed by atoms with Crippen molar-refractivity contribution in [3.63, 3.8) is 0 Å². The number of aryl methyl sites for hydroxylation is 1. The van der Waals surface area contributed by atoms with Crippen LogP contribution in [-0.2, 0) is 13.2 Å². The molecule has 1 aromatic carbocycles. The van der Waals surface area contributed by atoms with Crippen molar-refractivity contribution in [2.45, 2.75) is 27.0 Å². The van der Waals surface area contributed by atoms with Gasteiger partial charge < -0.3 is 10.1 Å². The van der Waals surface area contributed by atoms with E-state index in [1.165, 1.54) is 9.75 Å². The SMILES string of the molecule is CCNCc1cc(COc2cc(Cl)c(Cl)cc2Cl)c(C)s1. The van der Waals surface area contributed by atoms with Gasteiger partial charge in [0.25, 0.3) is 0 Å². The second-order valence-corrected chi connectivity index (χ2v) is 7.12. The zero-order valence-electron chi connectivity index (χ0n) is 11.8. The molecule has 2 rings (SSSR count). The third-order valence-electron chi connectivity index (χ3n) is 2.98. The van der Waals surface area contributed by atoms with Crippen molar-refractivity contribution in [1.82, 2.24) is 5.32 Å². The number of ether oxygens (including phenoxy) is 1. The summed E-state index contributed by atoms with van der Waals surface area (Å²) in [6, 6.07) is 5.40. The summed E-state index contributed by atoms with van der Waals surface area (Å²) in [6.07, 6.45) is 0. The van der Waals surface area contributed by atoms with E-state index in [4.69, 9.17) is 39.5 Å². The molecular formula is C15H16Cl3NOS. The second-order valence-electron chi connectivity index (χ2n) is 4.56. The van der Waals surface area contributed by atoms with Gasteiger partial charge in [-0.3, -0.25) is 0 Å². The summed E-state index contributed by atoms with van der Waals surface area (Å²) >= 11 is 19.8. The maximum absolute atomic E-state index is 6.11. The number of benzene rings is 1. The average molecular weight is 365 g/mol. The molecule has 0 unspecified atom stereocenters. The lowest BCUT2D eigenvalue weighted by Gasteiger charge is -2.09. The zero-order valence-corrected chi connectivity index (χ0v) is 14.9. The first-order valence-corrected chi connectivity index (χ1v) is 8.52.